The van der Waals surface area contributed by atoms with Gasteiger partial charge in [0, 0.05) is 24.3 Å². The number of aromatic nitrogens is 1. The van der Waals surface area contributed by atoms with Crippen LogP contribution in [0.2, 0.25) is 0 Å². The minimum atomic E-state index is -0.736. The Morgan fingerprint density at radius 1 is 1.47 bits per heavy atom. The first-order chi connectivity index (χ1) is 8.85. The van der Waals surface area contributed by atoms with Gasteiger partial charge in [0.05, 0.1) is 22.4 Å². The molecule has 1 fully saturated rings. The lowest BCUT2D eigenvalue weighted by Crippen LogP contribution is -2.47. The lowest BCUT2D eigenvalue weighted by atomic mass is 9.80. The molecule has 1 aromatic rings. The van der Waals surface area contributed by atoms with E-state index in [1.165, 1.54) is 0 Å². The number of methoxy groups -OCH3 is 1. The zero-order valence-corrected chi connectivity index (χ0v) is 13.2. The Labute approximate surface area is 120 Å². The standard InChI is InChI=1S/C15H25NO2S/c1-14(2,3)11-10-19-13(16-11)9-15(17)8-6-5-7-12(15)18-4/h10,12,17H,5-9H2,1-4H3. The van der Waals surface area contributed by atoms with Crippen LogP contribution in [0, 0.1) is 0 Å². The molecule has 2 rings (SSSR count). The van der Waals surface area contributed by atoms with Crippen LogP contribution in [0.25, 0.3) is 0 Å². The molecular weight excluding hydrogens is 258 g/mol. The Balaban J connectivity index is 2.13. The monoisotopic (exact) mass is 283 g/mol. The van der Waals surface area contributed by atoms with Crippen LogP contribution >= 0.6 is 11.3 Å². The van der Waals surface area contributed by atoms with Crippen LogP contribution in [0.15, 0.2) is 5.38 Å². The largest absolute Gasteiger partial charge is 0.387 e. The lowest BCUT2D eigenvalue weighted by Gasteiger charge is -2.38. The number of hydrogen-bond acceptors (Lipinski definition) is 4. The van der Waals surface area contributed by atoms with Crippen molar-refractivity contribution in [3.8, 4) is 0 Å². The van der Waals surface area contributed by atoms with E-state index in [1.807, 2.05) is 0 Å². The van der Waals surface area contributed by atoms with Crippen LogP contribution in [-0.4, -0.2) is 28.9 Å². The summed E-state index contributed by atoms with van der Waals surface area (Å²) >= 11 is 1.65. The molecule has 4 heteroatoms. The van der Waals surface area contributed by atoms with E-state index in [2.05, 4.69) is 26.2 Å². The first-order valence-corrected chi connectivity index (χ1v) is 7.93. The summed E-state index contributed by atoms with van der Waals surface area (Å²) in [5.41, 5.74) is 0.450. The van der Waals surface area contributed by atoms with Crippen molar-refractivity contribution in [1.29, 1.82) is 0 Å². The van der Waals surface area contributed by atoms with E-state index in [9.17, 15) is 5.11 Å². The van der Waals surface area contributed by atoms with E-state index in [4.69, 9.17) is 9.72 Å². The van der Waals surface area contributed by atoms with Crippen LogP contribution < -0.4 is 0 Å². The zero-order valence-electron chi connectivity index (χ0n) is 12.4. The summed E-state index contributed by atoms with van der Waals surface area (Å²) in [5.74, 6) is 0. The highest BCUT2D eigenvalue weighted by Gasteiger charge is 2.40. The van der Waals surface area contributed by atoms with E-state index in [1.54, 1.807) is 18.4 Å². The minimum Gasteiger partial charge on any atom is -0.387 e. The molecule has 1 aliphatic rings. The molecule has 0 saturated heterocycles. The Hall–Kier alpha value is -0.450. The van der Waals surface area contributed by atoms with Gasteiger partial charge in [-0.05, 0) is 12.8 Å². The van der Waals surface area contributed by atoms with Crippen molar-refractivity contribution >= 4 is 11.3 Å². The molecule has 2 atom stereocenters. The van der Waals surface area contributed by atoms with Crippen molar-refractivity contribution in [3.63, 3.8) is 0 Å². The second kappa shape index (κ2) is 5.51. The highest BCUT2D eigenvalue weighted by atomic mass is 32.1. The number of rotatable bonds is 3. The number of aliphatic hydroxyl groups is 1. The van der Waals surface area contributed by atoms with Gasteiger partial charge in [-0.2, -0.15) is 0 Å². The summed E-state index contributed by atoms with van der Waals surface area (Å²) in [5, 5.41) is 14.0. The molecule has 0 spiro atoms. The molecule has 1 saturated carbocycles. The average molecular weight is 283 g/mol. The Morgan fingerprint density at radius 3 is 2.79 bits per heavy atom. The first kappa shape index (κ1) is 14.9. The van der Waals surface area contributed by atoms with Gasteiger partial charge in [0.25, 0.3) is 0 Å². The van der Waals surface area contributed by atoms with E-state index < -0.39 is 5.60 Å². The smallest absolute Gasteiger partial charge is 0.0971 e. The van der Waals surface area contributed by atoms with Crippen molar-refractivity contribution < 1.29 is 9.84 Å². The summed E-state index contributed by atoms with van der Waals surface area (Å²) < 4.78 is 5.48. The molecule has 3 nitrogen and oxygen atoms in total. The zero-order chi connectivity index (χ0) is 14.1. The fraction of sp³-hybridized carbons (Fsp3) is 0.800. The summed E-state index contributed by atoms with van der Waals surface area (Å²) in [6, 6.07) is 0. The summed E-state index contributed by atoms with van der Waals surface area (Å²) in [7, 11) is 1.70. The van der Waals surface area contributed by atoms with Crippen molar-refractivity contribution in [2.75, 3.05) is 7.11 Å². The van der Waals surface area contributed by atoms with Crippen LogP contribution in [0.4, 0.5) is 0 Å². The van der Waals surface area contributed by atoms with Crippen LogP contribution in [0.3, 0.4) is 0 Å². The van der Waals surface area contributed by atoms with Gasteiger partial charge in [-0.25, -0.2) is 4.98 Å². The number of thiazole rings is 1. The molecule has 0 aliphatic heterocycles. The van der Waals surface area contributed by atoms with Crippen molar-refractivity contribution in [1.82, 2.24) is 4.98 Å². The number of nitrogens with zero attached hydrogens (tertiary/aromatic N) is 1. The third-order valence-electron chi connectivity index (χ3n) is 3.99. The number of hydrogen-bond donors (Lipinski definition) is 1. The Morgan fingerprint density at radius 2 is 2.21 bits per heavy atom. The summed E-state index contributed by atoms with van der Waals surface area (Å²) in [4.78, 5) is 4.69. The van der Waals surface area contributed by atoms with Gasteiger partial charge in [0.2, 0.25) is 0 Å². The number of ether oxygens (including phenoxy) is 1. The average Bonchev–Trinajstić information content (AvgIpc) is 2.77. The van der Waals surface area contributed by atoms with Gasteiger partial charge in [0.15, 0.2) is 0 Å². The lowest BCUT2D eigenvalue weighted by molar-refractivity contribution is -0.116. The molecule has 1 aromatic heterocycles. The van der Waals surface area contributed by atoms with Gasteiger partial charge < -0.3 is 9.84 Å². The highest BCUT2D eigenvalue weighted by molar-refractivity contribution is 7.09. The first-order valence-electron chi connectivity index (χ1n) is 7.05. The third-order valence-corrected chi connectivity index (χ3v) is 4.84. The normalized spacial score (nSPS) is 28.6. The summed E-state index contributed by atoms with van der Waals surface area (Å²) in [6.07, 6.45) is 4.55. The summed E-state index contributed by atoms with van der Waals surface area (Å²) in [6.45, 7) is 6.50. The third kappa shape index (κ3) is 3.36. The van der Waals surface area contributed by atoms with Crippen LogP contribution in [0.1, 0.15) is 57.2 Å². The maximum Gasteiger partial charge on any atom is 0.0971 e. The Kier molecular flexibility index (Phi) is 4.33. The topological polar surface area (TPSA) is 42.4 Å². The molecule has 0 radical (unpaired) electrons. The van der Waals surface area contributed by atoms with E-state index >= 15 is 0 Å². The van der Waals surface area contributed by atoms with Gasteiger partial charge in [-0.15, -0.1) is 11.3 Å². The minimum absolute atomic E-state index is 0.0526. The van der Waals surface area contributed by atoms with Gasteiger partial charge in [-0.1, -0.05) is 33.6 Å². The predicted octanol–water partition coefficient (Wildman–Crippen LogP) is 3.30. The van der Waals surface area contributed by atoms with Gasteiger partial charge in [0.1, 0.15) is 0 Å². The fourth-order valence-corrected chi connectivity index (χ4v) is 3.87. The highest BCUT2D eigenvalue weighted by Crippen LogP contribution is 2.35. The molecule has 2 unspecified atom stereocenters. The van der Waals surface area contributed by atoms with Gasteiger partial charge in [-0.3, -0.25) is 0 Å². The maximum absolute atomic E-state index is 10.8. The molecule has 108 valence electrons. The van der Waals surface area contributed by atoms with Crippen LogP contribution in [0.5, 0.6) is 0 Å². The van der Waals surface area contributed by atoms with Crippen molar-refractivity contribution in [2.45, 2.75) is 70.0 Å². The van der Waals surface area contributed by atoms with Gasteiger partial charge >= 0.3 is 0 Å². The quantitative estimate of drug-likeness (QED) is 0.925. The van der Waals surface area contributed by atoms with E-state index in [0.29, 0.717) is 6.42 Å². The molecule has 1 heterocycles. The molecule has 0 amide bonds. The van der Waals surface area contributed by atoms with Crippen molar-refractivity contribution in [2.24, 2.45) is 0 Å². The second-order valence-electron chi connectivity index (χ2n) is 6.63. The molecule has 19 heavy (non-hydrogen) atoms. The molecule has 1 aliphatic carbocycles. The Bertz CT molecular complexity index is 424. The predicted molar refractivity (Wildman–Crippen MR) is 78.7 cm³/mol. The van der Waals surface area contributed by atoms with E-state index in [-0.39, 0.29) is 11.5 Å². The maximum atomic E-state index is 10.8. The van der Waals surface area contributed by atoms with Crippen LogP contribution in [-0.2, 0) is 16.6 Å². The molecular formula is C15H25NO2S. The van der Waals surface area contributed by atoms with Crippen molar-refractivity contribution in [3.05, 3.63) is 16.1 Å². The SMILES string of the molecule is COC1CCCCC1(O)Cc1nc(C(C)(C)C)cs1. The molecule has 0 bridgehead atoms. The fourth-order valence-electron chi connectivity index (χ4n) is 2.73. The molecule has 0 aromatic carbocycles. The molecule has 1 N–H and O–H groups in total. The second-order valence-corrected chi connectivity index (χ2v) is 7.57. The van der Waals surface area contributed by atoms with E-state index in [0.717, 1.165) is 36.4 Å².